The molecule has 0 radical (unpaired) electrons. The van der Waals surface area contributed by atoms with Crippen molar-refractivity contribution in [1.29, 1.82) is 0 Å². The number of ether oxygens (including phenoxy) is 2. The van der Waals surface area contributed by atoms with Gasteiger partial charge >= 0.3 is 6.09 Å². The van der Waals surface area contributed by atoms with Crippen molar-refractivity contribution >= 4 is 40.1 Å². The standard InChI is InChI=1S/C17H28BrNO5SSi/c1-17(2,3)24-16(20)19(13-23-11-12-26(4,5)6)25(21,22)15-10-8-7-9-14(15)18/h7-10H,11-13H2,1-6H3. The molecule has 148 valence electrons. The minimum Gasteiger partial charge on any atom is -0.443 e. The van der Waals surface area contributed by atoms with Gasteiger partial charge in [-0.05, 0) is 54.9 Å². The van der Waals surface area contributed by atoms with Gasteiger partial charge in [0.15, 0.2) is 0 Å². The summed E-state index contributed by atoms with van der Waals surface area (Å²) in [4.78, 5) is 12.5. The Morgan fingerprint density at radius 2 is 1.77 bits per heavy atom. The molecule has 1 aromatic rings. The molecule has 0 fully saturated rings. The lowest BCUT2D eigenvalue weighted by Gasteiger charge is -2.27. The maximum atomic E-state index is 13.0. The number of hydrogen-bond acceptors (Lipinski definition) is 5. The van der Waals surface area contributed by atoms with Crippen LogP contribution in [0.2, 0.25) is 25.7 Å². The molecule has 6 nitrogen and oxygen atoms in total. The molecule has 0 saturated heterocycles. The first-order chi connectivity index (χ1) is 11.7. The lowest BCUT2D eigenvalue weighted by atomic mass is 10.2. The fourth-order valence-electron chi connectivity index (χ4n) is 1.83. The van der Waals surface area contributed by atoms with Gasteiger partial charge in [0.1, 0.15) is 17.2 Å². The van der Waals surface area contributed by atoms with Crippen molar-refractivity contribution < 1.29 is 22.7 Å². The van der Waals surface area contributed by atoms with E-state index < -0.39 is 29.8 Å². The number of rotatable bonds is 7. The number of sulfonamides is 1. The van der Waals surface area contributed by atoms with Crippen molar-refractivity contribution in [2.24, 2.45) is 0 Å². The molecule has 1 aromatic carbocycles. The van der Waals surface area contributed by atoms with Crippen molar-refractivity contribution in [3.63, 3.8) is 0 Å². The summed E-state index contributed by atoms with van der Waals surface area (Å²) >= 11 is 3.23. The van der Waals surface area contributed by atoms with Crippen molar-refractivity contribution in [2.75, 3.05) is 13.3 Å². The molecule has 0 heterocycles. The number of carbonyl (C=O) groups excluding carboxylic acids is 1. The second-order valence-electron chi connectivity index (χ2n) is 8.11. The van der Waals surface area contributed by atoms with E-state index in [4.69, 9.17) is 9.47 Å². The molecule has 1 rings (SSSR count). The van der Waals surface area contributed by atoms with E-state index in [1.807, 2.05) is 0 Å². The van der Waals surface area contributed by atoms with Gasteiger partial charge in [0.25, 0.3) is 10.0 Å². The Bertz CT molecular complexity index is 725. The van der Waals surface area contributed by atoms with Crippen molar-refractivity contribution in [1.82, 2.24) is 4.31 Å². The molecule has 0 aromatic heterocycles. The molecule has 0 bridgehead atoms. The molecule has 0 aliphatic carbocycles. The minimum atomic E-state index is -4.12. The van der Waals surface area contributed by atoms with E-state index >= 15 is 0 Å². The van der Waals surface area contributed by atoms with Gasteiger partial charge in [-0.3, -0.25) is 0 Å². The molecule has 26 heavy (non-hydrogen) atoms. The van der Waals surface area contributed by atoms with Crippen LogP contribution in [0.4, 0.5) is 4.79 Å². The molecule has 0 unspecified atom stereocenters. The predicted molar refractivity (Wildman–Crippen MR) is 108 cm³/mol. The fourth-order valence-corrected chi connectivity index (χ4v) is 4.74. The summed E-state index contributed by atoms with van der Waals surface area (Å²) in [5, 5.41) is 0. The highest BCUT2D eigenvalue weighted by Crippen LogP contribution is 2.26. The van der Waals surface area contributed by atoms with E-state index in [1.54, 1.807) is 39.0 Å². The zero-order valence-electron chi connectivity index (χ0n) is 16.2. The Morgan fingerprint density at radius 3 is 2.27 bits per heavy atom. The maximum Gasteiger partial charge on any atom is 0.426 e. The number of nitrogens with zero attached hydrogens (tertiary/aromatic N) is 1. The Morgan fingerprint density at radius 1 is 1.19 bits per heavy atom. The van der Waals surface area contributed by atoms with E-state index in [1.165, 1.54) is 6.07 Å². The van der Waals surface area contributed by atoms with Crippen LogP contribution in [0.3, 0.4) is 0 Å². The van der Waals surface area contributed by atoms with Crippen LogP contribution in [0, 0.1) is 0 Å². The third kappa shape index (κ3) is 7.38. The van der Waals surface area contributed by atoms with Gasteiger partial charge in [-0.1, -0.05) is 31.8 Å². The van der Waals surface area contributed by atoms with E-state index in [9.17, 15) is 13.2 Å². The van der Waals surface area contributed by atoms with Gasteiger partial charge in [-0.2, -0.15) is 4.31 Å². The molecule has 0 spiro atoms. The largest absolute Gasteiger partial charge is 0.443 e. The monoisotopic (exact) mass is 465 g/mol. The van der Waals surface area contributed by atoms with Crippen molar-refractivity contribution in [3.05, 3.63) is 28.7 Å². The molecule has 9 heteroatoms. The van der Waals surface area contributed by atoms with Crippen LogP contribution in [0.5, 0.6) is 0 Å². The molecule has 1 amide bonds. The topological polar surface area (TPSA) is 72.9 Å². The minimum absolute atomic E-state index is 0.0142. The SMILES string of the molecule is CC(C)(C)OC(=O)N(COCC[Si](C)(C)C)S(=O)(=O)c1ccccc1Br. The Balaban J connectivity index is 3.07. The average Bonchev–Trinajstić information content (AvgIpc) is 2.43. The zero-order chi connectivity index (χ0) is 20.2. The lowest BCUT2D eigenvalue weighted by Crippen LogP contribution is -2.42. The number of amides is 1. The average molecular weight is 466 g/mol. The molecular formula is C17H28BrNO5SSi. The summed E-state index contributed by atoms with van der Waals surface area (Å²) in [7, 11) is -5.45. The van der Waals surface area contributed by atoms with E-state index in [2.05, 4.69) is 35.6 Å². The Hall–Kier alpha value is -0.903. The van der Waals surface area contributed by atoms with Gasteiger partial charge in [0.05, 0.1) is 0 Å². The van der Waals surface area contributed by atoms with Gasteiger partial charge in [0, 0.05) is 19.2 Å². The molecule has 0 saturated carbocycles. The number of hydrogen-bond donors (Lipinski definition) is 0. The predicted octanol–water partition coefficient (Wildman–Crippen LogP) is 4.69. The Kier molecular flexibility index (Phi) is 7.88. The molecule has 0 aliphatic rings. The van der Waals surface area contributed by atoms with Crippen LogP contribution in [-0.2, 0) is 19.5 Å². The van der Waals surface area contributed by atoms with E-state index in [0.29, 0.717) is 15.4 Å². The van der Waals surface area contributed by atoms with Gasteiger partial charge in [0.2, 0.25) is 0 Å². The van der Waals surface area contributed by atoms with E-state index in [-0.39, 0.29) is 11.6 Å². The number of benzene rings is 1. The van der Waals surface area contributed by atoms with Gasteiger partial charge in [-0.15, -0.1) is 0 Å². The number of halogens is 1. The van der Waals surface area contributed by atoms with Crippen LogP contribution in [0.15, 0.2) is 33.6 Å². The summed E-state index contributed by atoms with van der Waals surface area (Å²) in [6, 6.07) is 7.19. The molecule has 0 N–H and O–H groups in total. The van der Waals surface area contributed by atoms with Crippen LogP contribution < -0.4 is 0 Å². The van der Waals surface area contributed by atoms with Crippen molar-refractivity contribution in [2.45, 2.75) is 57.0 Å². The fraction of sp³-hybridized carbons (Fsp3) is 0.588. The second-order valence-corrected chi connectivity index (χ2v) is 16.4. The van der Waals surface area contributed by atoms with Crippen molar-refractivity contribution in [3.8, 4) is 0 Å². The first-order valence-corrected chi connectivity index (χ1v) is 14.3. The summed E-state index contributed by atoms with van der Waals surface area (Å²) < 4.78 is 37.8. The first kappa shape index (κ1) is 23.1. The lowest BCUT2D eigenvalue weighted by molar-refractivity contribution is 0.0145. The maximum absolute atomic E-state index is 13.0. The molecular weight excluding hydrogens is 438 g/mol. The summed E-state index contributed by atoms with van der Waals surface area (Å²) in [6.45, 7) is 11.6. The third-order valence-corrected chi connectivity index (χ3v) is 7.61. The van der Waals surface area contributed by atoms with Crippen LogP contribution in [-0.4, -0.2) is 45.8 Å². The summed E-state index contributed by atoms with van der Waals surface area (Å²) in [5.74, 6) is 0. The smallest absolute Gasteiger partial charge is 0.426 e. The molecule has 0 atom stereocenters. The normalized spacial score (nSPS) is 12.7. The third-order valence-electron chi connectivity index (χ3n) is 3.21. The quantitative estimate of drug-likeness (QED) is 0.331. The highest BCUT2D eigenvalue weighted by Gasteiger charge is 2.34. The Labute approximate surface area is 166 Å². The highest BCUT2D eigenvalue weighted by molar-refractivity contribution is 9.10. The van der Waals surface area contributed by atoms with Gasteiger partial charge < -0.3 is 9.47 Å². The van der Waals surface area contributed by atoms with E-state index in [0.717, 1.165) is 6.04 Å². The van der Waals surface area contributed by atoms with Crippen LogP contribution in [0.1, 0.15) is 20.8 Å². The second kappa shape index (κ2) is 8.86. The summed E-state index contributed by atoms with van der Waals surface area (Å²) in [6.07, 6.45) is -0.957. The first-order valence-electron chi connectivity index (χ1n) is 8.32. The van der Waals surface area contributed by atoms with Crippen LogP contribution in [0.25, 0.3) is 0 Å². The summed E-state index contributed by atoms with van der Waals surface area (Å²) in [5.41, 5.74) is -0.822. The highest BCUT2D eigenvalue weighted by atomic mass is 79.9. The molecule has 0 aliphatic heterocycles. The zero-order valence-corrected chi connectivity index (χ0v) is 19.6. The van der Waals surface area contributed by atoms with Crippen LogP contribution >= 0.6 is 15.9 Å². The van der Waals surface area contributed by atoms with Gasteiger partial charge in [-0.25, -0.2) is 13.2 Å². The number of carbonyl (C=O) groups is 1.